The molecule has 146 valence electrons. The van der Waals surface area contributed by atoms with Crippen molar-refractivity contribution in [3.63, 3.8) is 0 Å². The zero-order valence-corrected chi connectivity index (χ0v) is 16.6. The van der Waals surface area contributed by atoms with Crippen LogP contribution in [0.3, 0.4) is 0 Å². The van der Waals surface area contributed by atoms with E-state index in [2.05, 4.69) is 11.4 Å². The predicted molar refractivity (Wildman–Crippen MR) is 111 cm³/mol. The van der Waals surface area contributed by atoms with Gasteiger partial charge < -0.3 is 10.4 Å². The van der Waals surface area contributed by atoms with E-state index in [9.17, 15) is 19.6 Å². The largest absolute Gasteiger partial charge is 0.507 e. The number of rotatable bonds is 4. The van der Waals surface area contributed by atoms with Gasteiger partial charge in [0.2, 0.25) is 0 Å². The number of nitriles is 1. The maximum atomic E-state index is 13.4. The van der Waals surface area contributed by atoms with E-state index in [4.69, 9.17) is 11.6 Å². The summed E-state index contributed by atoms with van der Waals surface area (Å²) in [5.74, 6) is -2.18. The van der Waals surface area contributed by atoms with Crippen molar-refractivity contribution in [3.05, 3.63) is 93.3 Å². The average molecular weight is 409 g/mol. The first-order valence-corrected chi connectivity index (χ1v) is 9.24. The summed E-state index contributed by atoms with van der Waals surface area (Å²) in [5.41, 5.74) is 3.45. The summed E-state index contributed by atoms with van der Waals surface area (Å²) in [6.07, 6.45) is 0. The van der Waals surface area contributed by atoms with E-state index < -0.39 is 17.6 Å². The van der Waals surface area contributed by atoms with E-state index in [1.807, 2.05) is 31.2 Å². The predicted octanol–water partition coefficient (Wildman–Crippen LogP) is 5.71. The Morgan fingerprint density at radius 1 is 1.14 bits per heavy atom. The first kappa shape index (κ1) is 20.4. The van der Waals surface area contributed by atoms with Crippen molar-refractivity contribution in [2.24, 2.45) is 0 Å². The number of carbonyl (C=O) groups is 1. The Bertz CT molecular complexity index is 1120. The Kier molecular flexibility index (Phi) is 5.86. The smallest absolute Gasteiger partial charge is 0.259 e. The van der Waals surface area contributed by atoms with Gasteiger partial charge in [0.25, 0.3) is 5.91 Å². The Labute approximate surface area is 173 Å². The molecule has 0 aliphatic carbocycles. The topological polar surface area (TPSA) is 73.1 Å². The molecule has 0 saturated heterocycles. The SMILES string of the molecule is Cc1ccc(C(C#N)c2cc(C)c(NC(=O)c3cc(F)ccc3O)cc2Cl)cc1. The molecule has 0 aromatic heterocycles. The van der Waals surface area contributed by atoms with Gasteiger partial charge in [-0.05, 0) is 54.8 Å². The molecular weight excluding hydrogens is 391 g/mol. The number of benzene rings is 3. The number of nitrogens with one attached hydrogen (secondary N) is 1. The standard InChI is InChI=1S/C23H18ClFN2O2/c1-13-3-5-15(6-4-13)19(12-26)17-9-14(2)21(11-20(17)24)27-23(29)18-10-16(25)7-8-22(18)28/h3-11,19,28H,1-2H3,(H,27,29). The zero-order valence-electron chi connectivity index (χ0n) is 15.8. The fourth-order valence-corrected chi connectivity index (χ4v) is 3.29. The molecule has 1 atom stereocenters. The molecule has 1 amide bonds. The number of nitrogens with zero attached hydrogens (tertiary/aromatic N) is 1. The molecule has 6 heteroatoms. The molecule has 0 saturated carbocycles. The van der Waals surface area contributed by atoms with Crippen LogP contribution in [0.2, 0.25) is 5.02 Å². The number of carbonyl (C=O) groups excluding carboxylic acids is 1. The number of halogens is 2. The van der Waals surface area contributed by atoms with Crippen LogP contribution >= 0.6 is 11.6 Å². The molecule has 0 fully saturated rings. The van der Waals surface area contributed by atoms with E-state index in [1.165, 1.54) is 0 Å². The lowest BCUT2D eigenvalue weighted by Gasteiger charge is -2.16. The Morgan fingerprint density at radius 3 is 2.48 bits per heavy atom. The van der Waals surface area contributed by atoms with Crippen molar-refractivity contribution in [2.75, 3.05) is 5.32 Å². The van der Waals surface area contributed by atoms with Crippen molar-refractivity contribution in [1.29, 1.82) is 5.26 Å². The van der Waals surface area contributed by atoms with Gasteiger partial charge in [-0.15, -0.1) is 0 Å². The minimum atomic E-state index is -0.663. The van der Waals surface area contributed by atoms with Gasteiger partial charge in [-0.25, -0.2) is 4.39 Å². The molecule has 0 aliphatic rings. The summed E-state index contributed by atoms with van der Waals surface area (Å²) in [7, 11) is 0. The van der Waals surface area contributed by atoms with Gasteiger partial charge in [0, 0.05) is 10.7 Å². The van der Waals surface area contributed by atoms with Gasteiger partial charge in [-0.1, -0.05) is 47.5 Å². The first-order chi connectivity index (χ1) is 13.8. The highest BCUT2D eigenvalue weighted by Gasteiger charge is 2.20. The Balaban J connectivity index is 1.93. The molecule has 0 spiro atoms. The third-order valence-electron chi connectivity index (χ3n) is 4.65. The third-order valence-corrected chi connectivity index (χ3v) is 4.97. The van der Waals surface area contributed by atoms with Gasteiger partial charge in [-0.3, -0.25) is 4.79 Å². The van der Waals surface area contributed by atoms with Gasteiger partial charge in [0.05, 0.1) is 17.6 Å². The van der Waals surface area contributed by atoms with E-state index in [0.717, 1.165) is 29.3 Å². The lowest BCUT2D eigenvalue weighted by Crippen LogP contribution is -2.14. The Hall–Kier alpha value is -3.36. The number of anilines is 1. The van der Waals surface area contributed by atoms with E-state index in [1.54, 1.807) is 19.1 Å². The molecule has 3 rings (SSSR count). The monoisotopic (exact) mass is 408 g/mol. The van der Waals surface area contributed by atoms with Gasteiger partial charge >= 0.3 is 0 Å². The number of aryl methyl sites for hydroxylation is 2. The summed E-state index contributed by atoms with van der Waals surface area (Å²) < 4.78 is 13.4. The lowest BCUT2D eigenvalue weighted by molar-refractivity contribution is 0.102. The number of amides is 1. The molecule has 4 nitrogen and oxygen atoms in total. The van der Waals surface area contributed by atoms with Gasteiger partial charge in [0.15, 0.2) is 0 Å². The highest BCUT2D eigenvalue weighted by Crippen LogP contribution is 2.34. The summed E-state index contributed by atoms with van der Waals surface area (Å²) in [5, 5.41) is 22.5. The normalized spacial score (nSPS) is 11.6. The fraction of sp³-hybridized carbons (Fsp3) is 0.130. The van der Waals surface area contributed by atoms with E-state index in [0.29, 0.717) is 21.8 Å². The zero-order chi connectivity index (χ0) is 21.1. The number of hydrogen-bond acceptors (Lipinski definition) is 3. The molecule has 0 aliphatic heterocycles. The van der Waals surface area contributed by atoms with Crippen LogP contribution < -0.4 is 5.32 Å². The van der Waals surface area contributed by atoms with Gasteiger partial charge in [-0.2, -0.15) is 5.26 Å². The second-order valence-electron chi connectivity index (χ2n) is 6.78. The highest BCUT2D eigenvalue weighted by atomic mass is 35.5. The van der Waals surface area contributed by atoms with Crippen LogP contribution in [0.1, 0.15) is 38.5 Å². The van der Waals surface area contributed by atoms with Gasteiger partial charge in [0.1, 0.15) is 11.6 Å². The molecule has 1 unspecified atom stereocenters. The second kappa shape index (κ2) is 8.34. The maximum Gasteiger partial charge on any atom is 0.259 e. The van der Waals surface area contributed by atoms with Crippen molar-refractivity contribution in [2.45, 2.75) is 19.8 Å². The minimum absolute atomic E-state index is 0.181. The Morgan fingerprint density at radius 2 is 1.83 bits per heavy atom. The van der Waals surface area contributed by atoms with E-state index in [-0.39, 0.29) is 11.3 Å². The van der Waals surface area contributed by atoms with Crippen LogP contribution in [0.4, 0.5) is 10.1 Å². The fourth-order valence-electron chi connectivity index (χ4n) is 3.02. The van der Waals surface area contributed by atoms with Crippen LogP contribution in [0, 0.1) is 31.0 Å². The molecular formula is C23H18ClFN2O2. The average Bonchev–Trinajstić information content (AvgIpc) is 2.69. The maximum absolute atomic E-state index is 13.4. The molecule has 3 aromatic carbocycles. The lowest BCUT2D eigenvalue weighted by atomic mass is 9.90. The van der Waals surface area contributed by atoms with Crippen molar-refractivity contribution >= 4 is 23.2 Å². The van der Waals surface area contributed by atoms with Crippen LogP contribution in [0.5, 0.6) is 5.75 Å². The molecule has 3 aromatic rings. The second-order valence-corrected chi connectivity index (χ2v) is 7.18. The van der Waals surface area contributed by atoms with Crippen molar-refractivity contribution in [1.82, 2.24) is 0 Å². The number of aromatic hydroxyl groups is 1. The summed E-state index contributed by atoms with van der Waals surface area (Å²) in [4.78, 5) is 12.4. The van der Waals surface area contributed by atoms with Crippen molar-refractivity contribution in [3.8, 4) is 11.8 Å². The summed E-state index contributed by atoms with van der Waals surface area (Å²) in [6, 6.07) is 16.4. The molecule has 0 bridgehead atoms. The molecule has 0 heterocycles. The van der Waals surface area contributed by atoms with Crippen molar-refractivity contribution < 1.29 is 14.3 Å². The number of phenols is 1. The summed E-state index contributed by atoms with van der Waals surface area (Å²) in [6.45, 7) is 3.74. The highest BCUT2D eigenvalue weighted by molar-refractivity contribution is 6.32. The molecule has 0 radical (unpaired) electrons. The number of hydrogen-bond donors (Lipinski definition) is 2. The van der Waals surface area contributed by atoms with Crippen LogP contribution in [0.25, 0.3) is 0 Å². The van der Waals surface area contributed by atoms with Crippen LogP contribution in [-0.2, 0) is 0 Å². The third kappa shape index (κ3) is 4.39. The van der Waals surface area contributed by atoms with Crippen LogP contribution in [-0.4, -0.2) is 11.0 Å². The van der Waals surface area contributed by atoms with Crippen LogP contribution in [0.15, 0.2) is 54.6 Å². The number of phenolic OH excluding ortho intramolecular Hbond substituents is 1. The minimum Gasteiger partial charge on any atom is -0.507 e. The van der Waals surface area contributed by atoms with E-state index >= 15 is 0 Å². The quantitative estimate of drug-likeness (QED) is 0.580. The first-order valence-electron chi connectivity index (χ1n) is 8.86. The molecule has 2 N–H and O–H groups in total. The summed E-state index contributed by atoms with van der Waals surface area (Å²) >= 11 is 6.43. The molecule has 29 heavy (non-hydrogen) atoms.